The fraction of sp³-hybridized carbons (Fsp3) is 1.00. The summed E-state index contributed by atoms with van der Waals surface area (Å²) >= 11 is 1.82. The maximum Gasteiger partial charge on any atom is 0.0438 e. The average Bonchev–Trinajstić information content (AvgIpc) is 1.89. The van der Waals surface area contributed by atoms with E-state index in [-0.39, 0.29) is 11.4 Å². The Bertz CT molecular complexity index is 85.7. The van der Waals surface area contributed by atoms with Crippen LogP contribution in [0.4, 0.5) is 0 Å². The predicted molar refractivity (Wildman–Crippen MR) is 47.3 cm³/mol. The summed E-state index contributed by atoms with van der Waals surface area (Å²) in [5.74, 6) is 1.00. The lowest BCUT2D eigenvalue weighted by atomic mass is 10.2. The molecule has 0 fully saturated rings. The molecule has 0 saturated heterocycles. The molecule has 2 nitrogen and oxygen atoms in total. The Balaban J connectivity index is 3.28. The van der Waals surface area contributed by atoms with Crippen molar-refractivity contribution in [3.63, 3.8) is 0 Å². The van der Waals surface area contributed by atoms with Gasteiger partial charge in [0.05, 0.1) is 0 Å². The van der Waals surface area contributed by atoms with E-state index in [1.54, 1.807) is 0 Å². The molecule has 0 radical (unpaired) electrons. The van der Waals surface area contributed by atoms with Crippen molar-refractivity contribution in [3.8, 4) is 0 Å². The zero-order valence-electron chi connectivity index (χ0n) is 6.76. The molecule has 0 unspecified atom stereocenters. The van der Waals surface area contributed by atoms with Crippen LogP contribution in [0.25, 0.3) is 0 Å². The quantitative estimate of drug-likeness (QED) is 0.590. The molecule has 0 aromatic carbocycles. The van der Waals surface area contributed by atoms with Crippen LogP contribution in [0.1, 0.15) is 20.3 Å². The fourth-order valence-electron chi connectivity index (χ4n) is 0.472. The predicted octanol–water partition coefficient (Wildman–Crippen LogP) is 0.839. The molecule has 0 saturated carbocycles. The smallest absolute Gasteiger partial charge is 0.0438 e. The Labute approximate surface area is 67.2 Å². The van der Waals surface area contributed by atoms with Crippen molar-refractivity contribution in [2.75, 3.05) is 18.9 Å². The average molecular weight is 163 g/mol. The van der Waals surface area contributed by atoms with E-state index < -0.39 is 0 Å². The zero-order valence-corrected chi connectivity index (χ0v) is 7.58. The van der Waals surface area contributed by atoms with Crippen molar-refractivity contribution in [1.29, 1.82) is 0 Å². The van der Waals surface area contributed by atoms with Crippen molar-refractivity contribution in [2.24, 2.45) is 5.73 Å². The number of aliphatic hydroxyl groups is 1. The first-order valence-electron chi connectivity index (χ1n) is 3.57. The highest BCUT2D eigenvalue weighted by atomic mass is 32.2. The topological polar surface area (TPSA) is 46.2 Å². The number of hydrogen-bond acceptors (Lipinski definition) is 3. The van der Waals surface area contributed by atoms with Gasteiger partial charge in [0.2, 0.25) is 0 Å². The molecule has 0 bridgehead atoms. The van der Waals surface area contributed by atoms with E-state index in [1.807, 2.05) is 11.8 Å². The highest BCUT2D eigenvalue weighted by Gasteiger charge is 2.14. The largest absolute Gasteiger partial charge is 0.396 e. The molecular formula is C7H17NOS. The number of hydrogen-bond donors (Lipinski definition) is 2. The van der Waals surface area contributed by atoms with Crippen molar-refractivity contribution in [2.45, 2.75) is 25.0 Å². The highest BCUT2D eigenvalue weighted by Crippen LogP contribution is 2.22. The van der Waals surface area contributed by atoms with Crippen molar-refractivity contribution in [1.82, 2.24) is 0 Å². The lowest BCUT2D eigenvalue weighted by Gasteiger charge is -2.20. The first kappa shape index (κ1) is 10.3. The Morgan fingerprint density at radius 2 is 2.10 bits per heavy atom. The van der Waals surface area contributed by atoms with E-state index in [9.17, 15) is 0 Å². The lowest BCUT2D eigenvalue weighted by molar-refractivity contribution is 0.296. The van der Waals surface area contributed by atoms with Crippen LogP contribution in [-0.4, -0.2) is 28.8 Å². The van der Waals surface area contributed by atoms with E-state index in [0.717, 1.165) is 12.2 Å². The molecule has 3 N–H and O–H groups in total. The van der Waals surface area contributed by atoms with Crippen LogP contribution in [0.5, 0.6) is 0 Å². The fourth-order valence-corrected chi connectivity index (χ4v) is 1.42. The molecule has 10 heavy (non-hydrogen) atoms. The van der Waals surface area contributed by atoms with Gasteiger partial charge in [0, 0.05) is 17.9 Å². The van der Waals surface area contributed by atoms with Crippen LogP contribution >= 0.6 is 11.8 Å². The maximum absolute atomic E-state index is 8.49. The van der Waals surface area contributed by atoms with Gasteiger partial charge in [0.1, 0.15) is 0 Å². The van der Waals surface area contributed by atoms with Crippen LogP contribution in [0, 0.1) is 0 Å². The van der Waals surface area contributed by atoms with Crippen LogP contribution in [-0.2, 0) is 0 Å². The summed E-state index contributed by atoms with van der Waals surface area (Å²) in [5, 5.41) is 8.49. The SMILES string of the molecule is CC(C)(CN)SCCCO. The monoisotopic (exact) mass is 163 g/mol. The van der Waals surface area contributed by atoms with Crippen molar-refractivity contribution in [3.05, 3.63) is 0 Å². The highest BCUT2D eigenvalue weighted by molar-refractivity contribution is 8.00. The standard InChI is InChI=1S/C7H17NOS/c1-7(2,6-8)10-5-3-4-9/h9H,3-6,8H2,1-2H3. The second-order valence-corrected chi connectivity index (χ2v) is 4.69. The minimum Gasteiger partial charge on any atom is -0.396 e. The summed E-state index contributed by atoms with van der Waals surface area (Å²) in [5.41, 5.74) is 5.51. The second kappa shape index (κ2) is 4.99. The van der Waals surface area contributed by atoms with Gasteiger partial charge >= 0.3 is 0 Å². The summed E-state index contributed by atoms with van der Waals surface area (Å²) in [6, 6.07) is 0. The Kier molecular flexibility index (Phi) is 5.13. The van der Waals surface area contributed by atoms with E-state index in [4.69, 9.17) is 10.8 Å². The molecular weight excluding hydrogens is 146 g/mol. The van der Waals surface area contributed by atoms with Crippen molar-refractivity contribution >= 4 is 11.8 Å². The number of thioether (sulfide) groups is 1. The molecule has 0 spiro atoms. The maximum atomic E-state index is 8.49. The molecule has 0 aromatic heterocycles. The zero-order chi connectivity index (χ0) is 8.04. The van der Waals surface area contributed by atoms with Crippen LogP contribution in [0.15, 0.2) is 0 Å². The third-order valence-electron chi connectivity index (χ3n) is 1.29. The van der Waals surface area contributed by atoms with Gasteiger partial charge in [0.15, 0.2) is 0 Å². The van der Waals surface area contributed by atoms with Crippen LogP contribution in [0.3, 0.4) is 0 Å². The third-order valence-corrected chi connectivity index (χ3v) is 2.73. The van der Waals surface area contributed by atoms with E-state index >= 15 is 0 Å². The van der Waals surface area contributed by atoms with Gasteiger partial charge in [0.25, 0.3) is 0 Å². The first-order valence-corrected chi connectivity index (χ1v) is 4.56. The summed E-state index contributed by atoms with van der Waals surface area (Å²) in [6.45, 7) is 5.22. The first-order chi connectivity index (χ1) is 4.62. The minimum atomic E-state index is 0.176. The lowest BCUT2D eigenvalue weighted by Crippen LogP contribution is -2.27. The molecule has 0 aromatic rings. The summed E-state index contributed by atoms with van der Waals surface area (Å²) in [6.07, 6.45) is 0.869. The number of nitrogens with two attached hydrogens (primary N) is 1. The van der Waals surface area contributed by atoms with Gasteiger partial charge in [-0.15, -0.1) is 0 Å². The molecule has 62 valence electrons. The normalized spacial score (nSPS) is 12.0. The van der Waals surface area contributed by atoms with Crippen LogP contribution in [0.2, 0.25) is 0 Å². The molecule has 0 atom stereocenters. The molecule has 0 heterocycles. The van der Waals surface area contributed by atoms with Crippen LogP contribution < -0.4 is 5.73 Å². The van der Waals surface area contributed by atoms with E-state index in [1.165, 1.54) is 0 Å². The Morgan fingerprint density at radius 3 is 2.50 bits per heavy atom. The van der Waals surface area contributed by atoms with Gasteiger partial charge < -0.3 is 10.8 Å². The third kappa shape index (κ3) is 5.09. The molecule has 0 amide bonds. The van der Waals surface area contributed by atoms with Gasteiger partial charge in [-0.2, -0.15) is 11.8 Å². The minimum absolute atomic E-state index is 0.176. The Hall–Kier alpha value is 0.270. The van der Waals surface area contributed by atoms with Gasteiger partial charge in [-0.3, -0.25) is 0 Å². The van der Waals surface area contributed by atoms with Gasteiger partial charge in [-0.25, -0.2) is 0 Å². The molecule has 0 aliphatic carbocycles. The van der Waals surface area contributed by atoms with Gasteiger partial charge in [-0.05, 0) is 26.0 Å². The van der Waals surface area contributed by atoms with E-state index in [0.29, 0.717) is 6.54 Å². The van der Waals surface area contributed by atoms with Gasteiger partial charge in [-0.1, -0.05) is 0 Å². The molecule has 0 rings (SSSR count). The Morgan fingerprint density at radius 1 is 1.50 bits per heavy atom. The molecule has 0 aliphatic heterocycles. The second-order valence-electron chi connectivity index (χ2n) is 2.89. The van der Waals surface area contributed by atoms with Crippen molar-refractivity contribution < 1.29 is 5.11 Å². The number of aliphatic hydroxyl groups excluding tert-OH is 1. The summed E-state index contributed by atoms with van der Waals surface area (Å²) in [7, 11) is 0. The molecule has 0 aliphatic rings. The summed E-state index contributed by atoms with van der Waals surface area (Å²) in [4.78, 5) is 0. The number of rotatable bonds is 5. The summed E-state index contributed by atoms with van der Waals surface area (Å²) < 4.78 is 0.176. The molecule has 3 heteroatoms. The van der Waals surface area contributed by atoms with E-state index in [2.05, 4.69) is 13.8 Å².